The number of nitrogens with zero attached hydrogens (tertiary/aromatic N) is 2. The SMILES string of the molecule is Cc1ccc2c(S(=O)(=O)c3ccccc3)c(N)n(C3CCC(F)(F)CC3)c2n1. The summed E-state index contributed by atoms with van der Waals surface area (Å²) < 4.78 is 55.5. The topological polar surface area (TPSA) is 78.0 Å². The van der Waals surface area contributed by atoms with Crippen molar-refractivity contribution in [3.05, 3.63) is 48.2 Å². The van der Waals surface area contributed by atoms with Crippen molar-refractivity contribution in [1.29, 1.82) is 0 Å². The van der Waals surface area contributed by atoms with E-state index in [4.69, 9.17) is 5.73 Å². The Kier molecular flexibility index (Phi) is 4.41. The van der Waals surface area contributed by atoms with Crippen LogP contribution >= 0.6 is 0 Å². The third-order valence-electron chi connectivity index (χ3n) is 5.35. The lowest BCUT2D eigenvalue weighted by atomic mass is 9.92. The van der Waals surface area contributed by atoms with Gasteiger partial charge in [0.2, 0.25) is 15.8 Å². The van der Waals surface area contributed by atoms with Gasteiger partial charge in [0, 0.05) is 30.0 Å². The molecule has 1 saturated carbocycles. The van der Waals surface area contributed by atoms with Crippen LogP contribution in [0.5, 0.6) is 0 Å². The van der Waals surface area contributed by atoms with Crippen molar-refractivity contribution in [2.75, 3.05) is 5.73 Å². The van der Waals surface area contributed by atoms with Gasteiger partial charge in [-0.15, -0.1) is 0 Å². The number of alkyl halides is 2. The number of hydrogen-bond acceptors (Lipinski definition) is 4. The summed E-state index contributed by atoms with van der Waals surface area (Å²) in [7, 11) is -3.88. The van der Waals surface area contributed by atoms with Gasteiger partial charge in [-0.1, -0.05) is 18.2 Å². The summed E-state index contributed by atoms with van der Waals surface area (Å²) in [6.45, 7) is 1.80. The monoisotopic (exact) mass is 405 g/mol. The number of benzene rings is 1. The molecule has 1 aliphatic carbocycles. The van der Waals surface area contributed by atoms with Gasteiger partial charge >= 0.3 is 0 Å². The highest BCUT2D eigenvalue weighted by Gasteiger charge is 2.38. The minimum Gasteiger partial charge on any atom is -0.384 e. The zero-order valence-electron chi connectivity index (χ0n) is 15.4. The number of aryl methyl sites for hydroxylation is 1. The largest absolute Gasteiger partial charge is 0.384 e. The van der Waals surface area contributed by atoms with Crippen LogP contribution in [0, 0.1) is 6.92 Å². The molecule has 28 heavy (non-hydrogen) atoms. The number of aromatic nitrogens is 2. The lowest BCUT2D eigenvalue weighted by Gasteiger charge is -2.30. The Morgan fingerprint density at radius 3 is 2.39 bits per heavy atom. The van der Waals surface area contributed by atoms with E-state index in [0.717, 1.165) is 0 Å². The average molecular weight is 405 g/mol. The second kappa shape index (κ2) is 6.55. The van der Waals surface area contributed by atoms with E-state index in [1.54, 1.807) is 41.8 Å². The first-order valence-corrected chi connectivity index (χ1v) is 10.6. The first kappa shape index (κ1) is 18.9. The highest BCUT2D eigenvalue weighted by molar-refractivity contribution is 7.92. The van der Waals surface area contributed by atoms with Crippen LogP contribution in [-0.4, -0.2) is 23.9 Å². The van der Waals surface area contributed by atoms with Crippen LogP contribution in [0.15, 0.2) is 52.3 Å². The van der Waals surface area contributed by atoms with Gasteiger partial charge in [0.05, 0.1) is 4.90 Å². The molecule has 0 spiro atoms. The van der Waals surface area contributed by atoms with E-state index in [1.165, 1.54) is 12.1 Å². The number of pyridine rings is 1. The van der Waals surface area contributed by atoms with Gasteiger partial charge in [0.25, 0.3) is 0 Å². The van der Waals surface area contributed by atoms with Crippen molar-refractivity contribution in [1.82, 2.24) is 9.55 Å². The third-order valence-corrected chi connectivity index (χ3v) is 7.21. The summed E-state index contributed by atoms with van der Waals surface area (Å²) in [4.78, 5) is 4.64. The molecule has 2 N–H and O–H groups in total. The molecule has 2 heterocycles. The van der Waals surface area contributed by atoms with Crippen molar-refractivity contribution in [3.63, 3.8) is 0 Å². The lowest BCUT2D eigenvalue weighted by molar-refractivity contribution is -0.0434. The van der Waals surface area contributed by atoms with Gasteiger partial charge in [-0.2, -0.15) is 0 Å². The average Bonchev–Trinajstić information content (AvgIpc) is 2.94. The predicted molar refractivity (Wildman–Crippen MR) is 103 cm³/mol. The van der Waals surface area contributed by atoms with Gasteiger partial charge in [0.15, 0.2) is 0 Å². The maximum atomic E-state index is 13.6. The quantitative estimate of drug-likeness (QED) is 0.695. The van der Waals surface area contributed by atoms with Crippen LogP contribution in [0.1, 0.15) is 37.4 Å². The fourth-order valence-corrected chi connectivity index (χ4v) is 5.49. The molecule has 1 aromatic carbocycles. The van der Waals surface area contributed by atoms with E-state index in [2.05, 4.69) is 4.98 Å². The molecule has 2 aromatic heterocycles. The lowest BCUT2D eigenvalue weighted by Crippen LogP contribution is -2.27. The minimum absolute atomic E-state index is 0.00136. The Bertz CT molecular complexity index is 1130. The van der Waals surface area contributed by atoms with Crippen molar-refractivity contribution in [2.45, 2.75) is 54.4 Å². The molecule has 0 radical (unpaired) electrons. The highest BCUT2D eigenvalue weighted by Crippen LogP contribution is 2.44. The van der Waals surface area contributed by atoms with Crippen molar-refractivity contribution in [2.24, 2.45) is 0 Å². The van der Waals surface area contributed by atoms with Gasteiger partial charge < -0.3 is 10.3 Å². The fourth-order valence-electron chi connectivity index (χ4n) is 3.92. The molecule has 4 rings (SSSR count). The van der Waals surface area contributed by atoms with Crippen molar-refractivity contribution < 1.29 is 17.2 Å². The molecular weight excluding hydrogens is 384 g/mol. The molecular formula is C20H21F2N3O2S. The summed E-state index contributed by atoms with van der Waals surface area (Å²) in [6.07, 6.45) is -0.0460. The normalized spacial score (nSPS) is 17.8. The van der Waals surface area contributed by atoms with Gasteiger partial charge in [0.1, 0.15) is 16.4 Å². The maximum Gasteiger partial charge on any atom is 0.248 e. The Morgan fingerprint density at radius 2 is 1.75 bits per heavy atom. The molecule has 0 atom stereocenters. The molecule has 0 amide bonds. The fraction of sp³-hybridized carbons (Fsp3) is 0.350. The standard InChI is InChI=1S/C20H21F2N3O2S/c1-13-7-8-16-17(28(26,27)15-5-3-2-4-6-15)18(23)25(19(16)24-13)14-9-11-20(21,22)12-10-14/h2-8,14H,9-12,23H2,1H3. The molecule has 0 unspecified atom stereocenters. The van der Waals surface area contributed by atoms with Gasteiger partial charge in [-0.25, -0.2) is 22.2 Å². The summed E-state index contributed by atoms with van der Waals surface area (Å²) in [5, 5.41) is 0.421. The second-order valence-corrected chi connectivity index (χ2v) is 9.20. The van der Waals surface area contributed by atoms with Gasteiger partial charge in [-0.3, -0.25) is 0 Å². The molecule has 1 aliphatic rings. The van der Waals surface area contributed by atoms with Crippen LogP contribution in [0.2, 0.25) is 0 Å². The summed E-state index contributed by atoms with van der Waals surface area (Å²) >= 11 is 0. The number of fused-ring (bicyclic) bond motifs is 1. The number of nitrogens with two attached hydrogens (primary N) is 1. The molecule has 5 nitrogen and oxygen atoms in total. The van der Waals surface area contributed by atoms with E-state index < -0.39 is 15.8 Å². The van der Waals surface area contributed by atoms with E-state index in [-0.39, 0.29) is 47.3 Å². The van der Waals surface area contributed by atoms with Crippen LogP contribution < -0.4 is 5.73 Å². The zero-order valence-corrected chi connectivity index (χ0v) is 16.2. The van der Waals surface area contributed by atoms with Crippen molar-refractivity contribution >= 4 is 26.7 Å². The Balaban J connectivity index is 1.93. The van der Waals surface area contributed by atoms with Crippen molar-refractivity contribution in [3.8, 4) is 0 Å². The first-order valence-electron chi connectivity index (χ1n) is 9.16. The first-order chi connectivity index (χ1) is 13.2. The molecule has 0 bridgehead atoms. The molecule has 1 fully saturated rings. The summed E-state index contributed by atoms with van der Waals surface area (Å²) in [5.74, 6) is -2.62. The smallest absolute Gasteiger partial charge is 0.248 e. The number of nitrogen functional groups attached to an aromatic ring is 1. The van der Waals surface area contributed by atoms with Gasteiger partial charge in [-0.05, 0) is 44.0 Å². The van der Waals surface area contributed by atoms with Crippen LogP contribution in [0.4, 0.5) is 14.6 Å². The predicted octanol–water partition coefficient (Wildman–Crippen LogP) is 4.51. The zero-order chi connectivity index (χ0) is 20.1. The third kappa shape index (κ3) is 3.05. The van der Waals surface area contributed by atoms with Crippen LogP contribution in [0.25, 0.3) is 11.0 Å². The summed E-state index contributed by atoms with van der Waals surface area (Å²) in [5.41, 5.74) is 7.48. The van der Waals surface area contributed by atoms with E-state index in [9.17, 15) is 17.2 Å². The summed E-state index contributed by atoms with van der Waals surface area (Å²) in [6, 6.07) is 11.2. The molecule has 3 aromatic rings. The molecule has 148 valence electrons. The molecule has 0 aliphatic heterocycles. The van der Waals surface area contributed by atoms with E-state index >= 15 is 0 Å². The Labute approximate surface area is 162 Å². The molecule has 8 heteroatoms. The number of rotatable bonds is 3. The Hall–Kier alpha value is -2.48. The number of halogens is 2. The van der Waals surface area contributed by atoms with E-state index in [0.29, 0.717) is 16.7 Å². The highest BCUT2D eigenvalue weighted by atomic mass is 32.2. The number of hydrogen-bond donors (Lipinski definition) is 1. The second-order valence-electron chi connectivity index (χ2n) is 7.31. The van der Waals surface area contributed by atoms with Crippen LogP contribution in [0.3, 0.4) is 0 Å². The Morgan fingerprint density at radius 1 is 1.11 bits per heavy atom. The minimum atomic E-state index is -3.88. The van der Waals surface area contributed by atoms with Crippen LogP contribution in [-0.2, 0) is 9.84 Å². The number of sulfone groups is 1. The maximum absolute atomic E-state index is 13.6. The van der Waals surface area contributed by atoms with E-state index in [1.807, 2.05) is 0 Å². The molecule has 0 saturated heterocycles. The number of anilines is 1.